The van der Waals surface area contributed by atoms with Crippen LogP contribution in [0.15, 0.2) is 40.1 Å². The van der Waals surface area contributed by atoms with Gasteiger partial charge >= 0.3 is 0 Å². The lowest BCUT2D eigenvalue weighted by Crippen LogP contribution is -2.19. The number of nitrogens with two attached hydrogens (primary N) is 1. The second-order valence-corrected chi connectivity index (χ2v) is 3.20. The van der Waals surface area contributed by atoms with Crippen LogP contribution in [0.3, 0.4) is 0 Å². The summed E-state index contributed by atoms with van der Waals surface area (Å²) in [6.07, 6.45) is 8.60. The molecule has 2 aliphatic rings. The molecule has 2 rings (SSSR count). The predicted octanol–water partition coefficient (Wildman–Crippen LogP) is 0.878. The fourth-order valence-electron chi connectivity index (χ4n) is 1.56. The van der Waals surface area contributed by atoms with Crippen molar-refractivity contribution in [2.24, 2.45) is 10.7 Å². The van der Waals surface area contributed by atoms with Gasteiger partial charge in [-0.15, -0.1) is 0 Å². The average Bonchev–Trinajstić information content (AvgIpc) is 2.48. The molecule has 1 atom stereocenters. The SMILES string of the molecule is N[C@@H](O)CC1=C2C=CCC=C2N=C1. The van der Waals surface area contributed by atoms with Gasteiger partial charge in [-0.1, -0.05) is 18.2 Å². The molecule has 3 nitrogen and oxygen atoms in total. The molecule has 1 heterocycles. The standard InChI is InChI=1S/C10H12N2O/c11-10(13)5-7-6-12-9-4-2-1-3-8(7)9/h1,3-4,6,10,13H,2,5,11H2/t10-/m0/s1. The molecule has 0 aromatic rings. The Hall–Kier alpha value is -1.19. The van der Waals surface area contributed by atoms with Gasteiger partial charge in [0.25, 0.3) is 0 Å². The monoisotopic (exact) mass is 176 g/mol. The van der Waals surface area contributed by atoms with Crippen molar-refractivity contribution in [2.75, 3.05) is 0 Å². The van der Waals surface area contributed by atoms with Gasteiger partial charge in [0.2, 0.25) is 0 Å². The smallest absolute Gasteiger partial charge is 0.106 e. The van der Waals surface area contributed by atoms with Gasteiger partial charge in [0, 0.05) is 18.2 Å². The number of hydrogen-bond acceptors (Lipinski definition) is 3. The Morgan fingerprint density at radius 1 is 1.62 bits per heavy atom. The third kappa shape index (κ3) is 1.61. The van der Waals surface area contributed by atoms with Crippen LogP contribution in [-0.4, -0.2) is 17.5 Å². The lowest BCUT2D eigenvalue weighted by atomic mass is 10.0. The molecule has 3 N–H and O–H groups in total. The van der Waals surface area contributed by atoms with E-state index in [1.807, 2.05) is 6.08 Å². The fourth-order valence-corrected chi connectivity index (χ4v) is 1.56. The van der Waals surface area contributed by atoms with Crippen LogP contribution in [0.25, 0.3) is 0 Å². The minimum Gasteiger partial charge on any atom is -0.378 e. The highest BCUT2D eigenvalue weighted by Crippen LogP contribution is 2.28. The first-order valence-corrected chi connectivity index (χ1v) is 4.35. The van der Waals surface area contributed by atoms with E-state index in [0.29, 0.717) is 6.42 Å². The second-order valence-electron chi connectivity index (χ2n) is 3.20. The van der Waals surface area contributed by atoms with E-state index in [0.717, 1.165) is 23.3 Å². The number of nitrogens with zero attached hydrogens (tertiary/aromatic N) is 1. The second kappa shape index (κ2) is 3.28. The Morgan fingerprint density at radius 3 is 3.23 bits per heavy atom. The van der Waals surface area contributed by atoms with Crippen molar-refractivity contribution in [1.82, 2.24) is 0 Å². The molecule has 0 unspecified atom stereocenters. The first-order valence-electron chi connectivity index (χ1n) is 4.35. The Bertz CT molecular complexity index is 335. The van der Waals surface area contributed by atoms with E-state index in [1.54, 1.807) is 6.21 Å². The van der Waals surface area contributed by atoms with Crippen LogP contribution >= 0.6 is 0 Å². The summed E-state index contributed by atoms with van der Waals surface area (Å²) in [7, 11) is 0. The molecule has 0 bridgehead atoms. The molecule has 1 aliphatic carbocycles. The van der Waals surface area contributed by atoms with Crippen LogP contribution in [0.2, 0.25) is 0 Å². The van der Waals surface area contributed by atoms with E-state index < -0.39 is 6.23 Å². The highest BCUT2D eigenvalue weighted by atomic mass is 16.3. The van der Waals surface area contributed by atoms with Crippen molar-refractivity contribution >= 4 is 6.21 Å². The van der Waals surface area contributed by atoms with Gasteiger partial charge in [-0.3, -0.25) is 4.99 Å². The maximum absolute atomic E-state index is 9.04. The van der Waals surface area contributed by atoms with Gasteiger partial charge < -0.3 is 10.8 Å². The molecule has 0 spiro atoms. The van der Waals surface area contributed by atoms with Crippen molar-refractivity contribution < 1.29 is 5.11 Å². The summed E-state index contributed by atoms with van der Waals surface area (Å²) in [6.45, 7) is 0. The van der Waals surface area contributed by atoms with Crippen molar-refractivity contribution in [3.05, 3.63) is 35.1 Å². The number of aliphatic imine (C=N–C) groups is 1. The Morgan fingerprint density at radius 2 is 2.46 bits per heavy atom. The van der Waals surface area contributed by atoms with Gasteiger partial charge in [-0.25, -0.2) is 0 Å². The van der Waals surface area contributed by atoms with E-state index in [2.05, 4.69) is 17.1 Å². The van der Waals surface area contributed by atoms with Crippen LogP contribution in [0.4, 0.5) is 0 Å². The number of allylic oxidation sites excluding steroid dienone is 3. The highest BCUT2D eigenvalue weighted by Gasteiger charge is 2.16. The highest BCUT2D eigenvalue weighted by molar-refractivity contribution is 5.87. The number of fused-ring (bicyclic) bond motifs is 1. The minimum absolute atomic E-state index is 0.473. The summed E-state index contributed by atoms with van der Waals surface area (Å²) in [5, 5.41) is 9.04. The lowest BCUT2D eigenvalue weighted by Gasteiger charge is -2.07. The molecular weight excluding hydrogens is 164 g/mol. The number of hydrogen-bond donors (Lipinski definition) is 2. The summed E-state index contributed by atoms with van der Waals surface area (Å²) in [4.78, 5) is 4.24. The van der Waals surface area contributed by atoms with E-state index in [9.17, 15) is 0 Å². The molecule has 1 aliphatic heterocycles. The third-order valence-corrected chi connectivity index (χ3v) is 2.14. The molecule has 0 radical (unpaired) electrons. The number of aliphatic hydroxyl groups is 1. The fraction of sp³-hybridized carbons (Fsp3) is 0.300. The van der Waals surface area contributed by atoms with Crippen LogP contribution in [0.5, 0.6) is 0 Å². The first-order chi connectivity index (χ1) is 6.27. The average molecular weight is 176 g/mol. The zero-order valence-corrected chi connectivity index (χ0v) is 7.27. The molecular formula is C10H12N2O. The Labute approximate surface area is 77.0 Å². The topological polar surface area (TPSA) is 58.6 Å². The van der Waals surface area contributed by atoms with Gasteiger partial charge in [-0.2, -0.15) is 0 Å². The maximum atomic E-state index is 9.04. The molecule has 13 heavy (non-hydrogen) atoms. The Kier molecular flexibility index (Phi) is 2.12. The van der Waals surface area contributed by atoms with Crippen molar-refractivity contribution in [2.45, 2.75) is 19.1 Å². The molecule has 0 amide bonds. The largest absolute Gasteiger partial charge is 0.378 e. The molecule has 68 valence electrons. The van der Waals surface area contributed by atoms with Crippen molar-refractivity contribution in [3.63, 3.8) is 0 Å². The number of aliphatic hydroxyl groups excluding tert-OH is 1. The maximum Gasteiger partial charge on any atom is 0.106 e. The van der Waals surface area contributed by atoms with E-state index >= 15 is 0 Å². The van der Waals surface area contributed by atoms with Gasteiger partial charge in [0.15, 0.2) is 0 Å². The molecule has 0 aromatic carbocycles. The summed E-state index contributed by atoms with van der Waals surface area (Å²) in [5.41, 5.74) is 8.45. The van der Waals surface area contributed by atoms with Crippen molar-refractivity contribution in [3.8, 4) is 0 Å². The summed E-state index contributed by atoms with van der Waals surface area (Å²) >= 11 is 0. The van der Waals surface area contributed by atoms with Crippen LogP contribution in [0.1, 0.15) is 12.8 Å². The summed E-state index contributed by atoms with van der Waals surface area (Å²) in [6, 6.07) is 0. The molecule has 0 fully saturated rings. The van der Waals surface area contributed by atoms with E-state index in [-0.39, 0.29) is 0 Å². The third-order valence-electron chi connectivity index (χ3n) is 2.14. The normalized spacial score (nSPS) is 21.8. The van der Waals surface area contributed by atoms with Crippen molar-refractivity contribution in [1.29, 1.82) is 0 Å². The van der Waals surface area contributed by atoms with E-state index in [1.165, 1.54) is 0 Å². The quantitative estimate of drug-likeness (QED) is 0.613. The summed E-state index contributed by atoms with van der Waals surface area (Å²) in [5.74, 6) is 0. The Balaban J connectivity index is 2.27. The van der Waals surface area contributed by atoms with Gasteiger partial charge in [0.05, 0.1) is 5.70 Å². The van der Waals surface area contributed by atoms with Crippen LogP contribution in [0, 0.1) is 0 Å². The molecule has 3 heteroatoms. The molecule has 0 aromatic heterocycles. The van der Waals surface area contributed by atoms with Gasteiger partial charge in [-0.05, 0) is 12.0 Å². The minimum atomic E-state index is -0.788. The van der Waals surface area contributed by atoms with Gasteiger partial charge in [0.1, 0.15) is 6.23 Å². The van der Waals surface area contributed by atoms with Crippen LogP contribution in [-0.2, 0) is 0 Å². The molecule has 0 saturated heterocycles. The van der Waals surface area contributed by atoms with Crippen LogP contribution < -0.4 is 5.73 Å². The zero-order valence-electron chi connectivity index (χ0n) is 7.27. The zero-order chi connectivity index (χ0) is 9.26. The number of rotatable bonds is 2. The van der Waals surface area contributed by atoms with E-state index in [4.69, 9.17) is 10.8 Å². The lowest BCUT2D eigenvalue weighted by molar-refractivity contribution is 0.184. The molecule has 0 saturated carbocycles. The first kappa shape index (κ1) is 8.41. The summed E-state index contributed by atoms with van der Waals surface area (Å²) < 4.78 is 0. The predicted molar refractivity (Wildman–Crippen MR) is 52.2 cm³/mol.